The zero-order valence-electron chi connectivity index (χ0n) is 31.4. The number of rotatable bonds is 18. The third kappa shape index (κ3) is 21.1. The molecule has 47 heavy (non-hydrogen) atoms. The van der Waals surface area contributed by atoms with Crippen LogP contribution in [0.3, 0.4) is 0 Å². The Morgan fingerprint density at radius 3 is 1.94 bits per heavy atom. The Bertz CT molecular complexity index is 1080. The fraction of sp³-hybridized carbons (Fsp3) is 0.585. The lowest BCUT2D eigenvalue weighted by molar-refractivity contribution is -0.107. The molecule has 0 bridgehead atoms. The number of methoxy groups -OCH3 is 1. The summed E-state index contributed by atoms with van der Waals surface area (Å²) in [6.07, 6.45) is 32.0. The van der Waals surface area contributed by atoms with Gasteiger partial charge in [-0.05, 0) is 81.1 Å². The first kappa shape index (κ1) is 44.5. The lowest BCUT2D eigenvalue weighted by atomic mass is 9.96. The van der Waals surface area contributed by atoms with Crippen molar-refractivity contribution < 1.29 is 19.0 Å². The van der Waals surface area contributed by atoms with Crippen molar-refractivity contribution in [3.63, 3.8) is 0 Å². The number of unbranched alkanes of at least 4 members (excludes halogenated alkanes) is 6. The van der Waals surface area contributed by atoms with Gasteiger partial charge in [0.2, 0.25) is 0 Å². The molecule has 0 saturated heterocycles. The van der Waals surface area contributed by atoms with Gasteiger partial charge >= 0.3 is 0 Å². The van der Waals surface area contributed by atoms with Gasteiger partial charge in [0.25, 0.3) is 0 Å². The number of nitrogens with two attached hydrogens (primary N) is 1. The predicted octanol–water partition coefficient (Wildman–Crippen LogP) is 10.8. The zero-order chi connectivity index (χ0) is 35.5. The van der Waals surface area contributed by atoms with Crippen molar-refractivity contribution in [3.05, 3.63) is 84.2 Å². The smallest absolute Gasteiger partial charge is 0.131 e. The summed E-state index contributed by atoms with van der Waals surface area (Å²) < 4.78 is 16.7. The van der Waals surface area contributed by atoms with E-state index in [2.05, 4.69) is 56.6 Å². The minimum Gasteiger partial charge on any atom is -0.494 e. The van der Waals surface area contributed by atoms with E-state index in [1.807, 2.05) is 64.1 Å². The van der Waals surface area contributed by atoms with Crippen molar-refractivity contribution in [1.82, 2.24) is 0 Å². The van der Waals surface area contributed by atoms with Crippen LogP contribution in [-0.2, 0) is 9.53 Å². The molecule has 1 aromatic rings. The molecule has 6 heteroatoms. The second kappa shape index (κ2) is 27.4. The molecule has 0 aromatic heterocycles. The molecule has 0 fully saturated rings. The van der Waals surface area contributed by atoms with Gasteiger partial charge in [-0.25, -0.2) is 10.0 Å². The number of hydrogen-bond donors (Lipinski definition) is 1. The average molecular weight is 672 g/mol. The van der Waals surface area contributed by atoms with Crippen molar-refractivity contribution in [3.8, 4) is 11.5 Å². The van der Waals surface area contributed by atoms with Crippen LogP contribution in [0.15, 0.2) is 84.2 Å². The van der Waals surface area contributed by atoms with Crippen LogP contribution in [0.25, 0.3) is 0 Å². The summed E-state index contributed by atoms with van der Waals surface area (Å²) in [5, 5.41) is 0.210. The van der Waals surface area contributed by atoms with Crippen LogP contribution >= 0.6 is 10.0 Å². The standard InChI is InChI=1S/C24H35NO3.C13H22OS.2C2H6/c1-20(21-10-12-22(25)13-11-21)28-24-16-14-23(15-17-24)27-19-9-7-5-3-4-6-8-18-26-2;1-11-5-7-12(8-6-11)9-13(10-14)15(2,3)4;2*1-2/h10-12,14-17,22H,1,3-9,13,18-19,25H2,2H3;5,7-8,10-11,13H,6,9H2,1-4H3;2*1-2H3. The molecule has 5 nitrogen and oxygen atoms in total. The second-order valence-electron chi connectivity index (χ2n) is 12.4. The van der Waals surface area contributed by atoms with Crippen LogP contribution in [-0.4, -0.2) is 56.7 Å². The summed E-state index contributed by atoms with van der Waals surface area (Å²) in [5.41, 5.74) is 8.17. The average Bonchev–Trinajstić information content (AvgIpc) is 3.08. The Balaban J connectivity index is 0.000000938. The number of ether oxygens (including phenoxy) is 3. The fourth-order valence-electron chi connectivity index (χ4n) is 4.69. The Morgan fingerprint density at radius 1 is 0.872 bits per heavy atom. The van der Waals surface area contributed by atoms with Crippen molar-refractivity contribution >= 4 is 16.3 Å². The van der Waals surface area contributed by atoms with Crippen LogP contribution in [0, 0.1) is 5.92 Å². The lowest BCUT2D eigenvalue weighted by Crippen LogP contribution is -2.18. The Hall–Kier alpha value is -2.54. The summed E-state index contributed by atoms with van der Waals surface area (Å²) in [7, 11) is 0.994. The predicted molar refractivity (Wildman–Crippen MR) is 209 cm³/mol. The molecule has 1 aromatic carbocycles. The Labute approximate surface area is 291 Å². The molecule has 3 rings (SSSR count). The van der Waals surface area contributed by atoms with E-state index in [1.165, 1.54) is 44.1 Å². The molecule has 0 aliphatic heterocycles. The zero-order valence-corrected chi connectivity index (χ0v) is 32.2. The first-order chi connectivity index (χ1) is 22.6. The fourth-order valence-corrected chi connectivity index (χ4v) is 5.72. The molecule has 2 N–H and O–H groups in total. The van der Waals surface area contributed by atoms with E-state index in [-0.39, 0.29) is 11.3 Å². The van der Waals surface area contributed by atoms with Crippen molar-refractivity contribution in [2.45, 2.75) is 110 Å². The molecular weight excluding hydrogens is 603 g/mol. The highest BCUT2D eigenvalue weighted by molar-refractivity contribution is 8.33. The Morgan fingerprint density at radius 2 is 1.45 bits per heavy atom. The van der Waals surface area contributed by atoms with Crippen LogP contribution in [0.1, 0.15) is 98.8 Å². The quantitative estimate of drug-likeness (QED) is 0.0955. The maximum absolute atomic E-state index is 11.1. The molecule has 0 saturated carbocycles. The minimum atomic E-state index is -0.771. The van der Waals surface area contributed by atoms with E-state index in [0.29, 0.717) is 11.7 Å². The van der Waals surface area contributed by atoms with Crippen molar-refractivity contribution in [2.75, 3.05) is 39.1 Å². The number of aldehydes is 1. The lowest BCUT2D eigenvalue weighted by Gasteiger charge is -2.32. The number of benzene rings is 1. The topological polar surface area (TPSA) is 70.8 Å². The van der Waals surface area contributed by atoms with E-state index in [9.17, 15) is 4.79 Å². The highest BCUT2D eigenvalue weighted by Gasteiger charge is 2.20. The van der Waals surface area contributed by atoms with Gasteiger partial charge in [-0.3, -0.25) is 0 Å². The molecule has 0 amide bonds. The maximum atomic E-state index is 11.1. The third-order valence-electron chi connectivity index (χ3n) is 7.67. The summed E-state index contributed by atoms with van der Waals surface area (Å²) in [4.78, 5) is 11.1. The van der Waals surface area contributed by atoms with E-state index < -0.39 is 10.0 Å². The number of allylic oxidation sites excluding steroid dienone is 5. The van der Waals surface area contributed by atoms with Gasteiger partial charge in [0.05, 0.1) is 6.61 Å². The largest absolute Gasteiger partial charge is 0.494 e. The van der Waals surface area contributed by atoms with Gasteiger partial charge in [0.1, 0.15) is 23.5 Å². The molecule has 3 unspecified atom stereocenters. The summed E-state index contributed by atoms with van der Waals surface area (Å²) >= 11 is 0. The van der Waals surface area contributed by atoms with E-state index in [4.69, 9.17) is 19.9 Å². The van der Waals surface area contributed by atoms with E-state index in [1.54, 1.807) is 7.11 Å². The number of carbonyl (C=O) groups is 1. The van der Waals surface area contributed by atoms with Gasteiger partial charge < -0.3 is 24.7 Å². The SMILES string of the molecule is C=C(Oc1ccc(OCCCCCCCCCOC)cc1)C1=CCC(N)C=C1.CC.CC.CC1C=CC(CC(C=O)S(C)(C)C)=CC1. The van der Waals surface area contributed by atoms with Crippen molar-refractivity contribution in [2.24, 2.45) is 11.7 Å². The van der Waals surface area contributed by atoms with E-state index >= 15 is 0 Å². The molecule has 2 aliphatic carbocycles. The third-order valence-corrected chi connectivity index (χ3v) is 9.76. The van der Waals surface area contributed by atoms with E-state index in [0.717, 1.165) is 62.3 Å². The molecule has 2 aliphatic rings. The maximum Gasteiger partial charge on any atom is 0.131 e. The normalized spacial score (nSPS) is 17.6. The van der Waals surface area contributed by atoms with Crippen molar-refractivity contribution in [1.29, 1.82) is 0 Å². The van der Waals surface area contributed by atoms with Crippen LogP contribution in [0.5, 0.6) is 11.5 Å². The molecule has 268 valence electrons. The first-order valence-electron chi connectivity index (χ1n) is 17.8. The highest BCUT2D eigenvalue weighted by Crippen LogP contribution is 2.43. The summed E-state index contributed by atoms with van der Waals surface area (Å²) in [6.45, 7) is 15.9. The number of hydrogen-bond acceptors (Lipinski definition) is 5. The highest BCUT2D eigenvalue weighted by atomic mass is 32.3. The first-order valence-corrected chi connectivity index (χ1v) is 20.8. The Kier molecular flexibility index (Phi) is 25.9. The van der Waals surface area contributed by atoms with Crippen LogP contribution < -0.4 is 15.2 Å². The molecule has 0 radical (unpaired) electrons. The monoisotopic (exact) mass is 671 g/mol. The summed E-state index contributed by atoms with van der Waals surface area (Å²) in [6, 6.07) is 7.81. The van der Waals surface area contributed by atoms with Gasteiger partial charge in [0.15, 0.2) is 0 Å². The van der Waals surface area contributed by atoms with Gasteiger partial charge in [0, 0.05) is 30.6 Å². The van der Waals surface area contributed by atoms with Crippen LogP contribution in [0.2, 0.25) is 0 Å². The second-order valence-corrected chi connectivity index (χ2v) is 16.9. The van der Waals surface area contributed by atoms with Gasteiger partial charge in [-0.1, -0.05) is 115 Å². The molecular formula is C41H69NO4S. The minimum absolute atomic E-state index is 0.0916. The van der Waals surface area contributed by atoms with Gasteiger partial charge in [-0.15, -0.1) is 0 Å². The van der Waals surface area contributed by atoms with Gasteiger partial charge in [-0.2, -0.15) is 0 Å². The molecule has 3 atom stereocenters. The molecule has 0 spiro atoms. The number of carbonyl (C=O) groups excluding carboxylic acids is 1. The summed E-state index contributed by atoms with van der Waals surface area (Å²) in [5.74, 6) is 2.93. The van der Waals surface area contributed by atoms with Crippen LogP contribution in [0.4, 0.5) is 0 Å². The molecule has 0 heterocycles.